The Morgan fingerprint density at radius 3 is 2.67 bits per heavy atom. The topological polar surface area (TPSA) is 18.5 Å². The van der Waals surface area contributed by atoms with E-state index < -0.39 is 0 Å². The lowest BCUT2D eigenvalue weighted by atomic mass is 9.93. The summed E-state index contributed by atoms with van der Waals surface area (Å²) in [6, 6.07) is 7.17. The van der Waals surface area contributed by atoms with E-state index in [1.165, 1.54) is 13.0 Å². The molecule has 1 fully saturated rings. The highest BCUT2D eigenvalue weighted by Crippen LogP contribution is 2.25. The number of nitrogens with zero attached hydrogens (tertiary/aromatic N) is 2. The standard InChI is InChI=1S/C17H28FN3/c1-14(13-21-10-6-9-20(3)11-12-21)17(19-2)15-7-4-5-8-16(15)18/h4-5,7-8,14,17,19H,6,9-13H2,1-3H3. The van der Waals surface area contributed by atoms with E-state index in [1.807, 2.05) is 19.2 Å². The summed E-state index contributed by atoms with van der Waals surface area (Å²) in [5.41, 5.74) is 0.777. The molecule has 118 valence electrons. The van der Waals surface area contributed by atoms with E-state index in [9.17, 15) is 4.39 Å². The number of hydrogen-bond acceptors (Lipinski definition) is 3. The zero-order valence-electron chi connectivity index (χ0n) is 13.5. The van der Waals surface area contributed by atoms with Crippen LogP contribution in [0.5, 0.6) is 0 Å². The Morgan fingerprint density at radius 1 is 1.19 bits per heavy atom. The Hall–Kier alpha value is -0.970. The predicted octanol–water partition coefficient (Wildman–Crippen LogP) is 2.36. The first-order chi connectivity index (χ1) is 10.1. The van der Waals surface area contributed by atoms with Crippen LogP contribution in [-0.2, 0) is 0 Å². The third-order valence-electron chi connectivity index (χ3n) is 4.48. The molecule has 2 unspecified atom stereocenters. The van der Waals surface area contributed by atoms with Gasteiger partial charge >= 0.3 is 0 Å². The van der Waals surface area contributed by atoms with Crippen molar-refractivity contribution in [2.75, 3.05) is 46.8 Å². The highest BCUT2D eigenvalue weighted by molar-refractivity contribution is 5.21. The van der Waals surface area contributed by atoms with Crippen LogP contribution in [0.15, 0.2) is 24.3 Å². The van der Waals surface area contributed by atoms with Gasteiger partial charge in [0.25, 0.3) is 0 Å². The Balaban J connectivity index is 2.00. The predicted molar refractivity (Wildman–Crippen MR) is 85.9 cm³/mol. The van der Waals surface area contributed by atoms with Gasteiger partial charge in [-0.25, -0.2) is 4.39 Å². The van der Waals surface area contributed by atoms with Crippen LogP contribution in [-0.4, -0.2) is 56.6 Å². The summed E-state index contributed by atoms with van der Waals surface area (Å²) < 4.78 is 14.0. The average molecular weight is 293 g/mol. The maximum Gasteiger partial charge on any atom is 0.127 e. The summed E-state index contributed by atoms with van der Waals surface area (Å²) in [7, 11) is 4.10. The van der Waals surface area contributed by atoms with Crippen molar-refractivity contribution < 1.29 is 4.39 Å². The molecule has 21 heavy (non-hydrogen) atoms. The summed E-state index contributed by atoms with van der Waals surface area (Å²) in [4.78, 5) is 4.90. The molecule has 1 N–H and O–H groups in total. The van der Waals surface area contributed by atoms with Gasteiger partial charge < -0.3 is 15.1 Å². The smallest absolute Gasteiger partial charge is 0.127 e. The van der Waals surface area contributed by atoms with Gasteiger partial charge in [-0.3, -0.25) is 0 Å². The fraction of sp³-hybridized carbons (Fsp3) is 0.647. The largest absolute Gasteiger partial charge is 0.313 e. The molecular weight excluding hydrogens is 265 g/mol. The third kappa shape index (κ3) is 4.50. The zero-order chi connectivity index (χ0) is 15.2. The molecular formula is C17H28FN3. The minimum absolute atomic E-state index is 0.0622. The molecule has 0 aromatic heterocycles. The summed E-state index contributed by atoms with van der Waals surface area (Å²) >= 11 is 0. The highest BCUT2D eigenvalue weighted by Gasteiger charge is 2.23. The van der Waals surface area contributed by atoms with E-state index in [4.69, 9.17) is 0 Å². The minimum Gasteiger partial charge on any atom is -0.313 e. The van der Waals surface area contributed by atoms with Gasteiger partial charge in [0, 0.05) is 31.2 Å². The average Bonchev–Trinajstić information content (AvgIpc) is 2.67. The molecule has 0 radical (unpaired) electrons. The van der Waals surface area contributed by atoms with Gasteiger partial charge in [0.1, 0.15) is 5.82 Å². The first kappa shape index (κ1) is 16.4. The van der Waals surface area contributed by atoms with Crippen molar-refractivity contribution in [3.05, 3.63) is 35.6 Å². The van der Waals surface area contributed by atoms with Crippen molar-refractivity contribution in [3.63, 3.8) is 0 Å². The maximum absolute atomic E-state index is 14.0. The minimum atomic E-state index is -0.112. The van der Waals surface area contributed by atoms with Gasteiger partial charge in [0.05, 0.1) is 0 Å². The first-order valence-corrected chi connectivity index (χ1v) is 7.94. The number of nitrogens with one attached hydrogen (secondary N) is 1. The van der Waals surface area contributed by atoms with E-state index >= 15 is 0 Å². The third-order valence-corrected chi connectivity index (χ3v) is 4.48. The van der Waals surface area contributed by atoms with E-state index in [1.54, 1.807) is 12.1 Å². The Bertz CT molecular complexity index is 438. The normalized spacial score (nSPS) is 21.0. The van der Waals surface area contributed by atoms with Crippen molar-refractivity contribution >= 4 is 0 Å². The summed E-state index contributed by atoms with van der Waals surface area (Å²) in [5, 5.41) is 3.30. The molecule has 1 aromatic carbocycles. The quantitative estimate of drug-likeness (QED) is 0.899. The molecule has 0 saturated carbocycles. The molecule has 0 spiro atoms. The van der Waals surface area contributed by atoms with Crippen LogP contribution >= 0.6 is 0 Å². The highest BCUT2D eigenvalue weighted by atomic mass is 19.1. The Morgan fingerprint density at radius 2 is 1.95 bits per heavy atom. The van der Waals surface area contributed by atoms with E-state index in [0.717, 1.165) is 31.7 Å². The van der Waals surface area contributed by atoms with Gasteiger partial charge in [-0.1, -0.05) is 25.1 Å². The van der Waals surface area contributed by atoms with E-state index in [0.29, 0.717) is 5.92 Å². The molecule has 1 aromatic rings. The number of hydrogen-bond donors (Lipinski definition) is 1. The lowest BCUT2D eigenvalue weighted by Crippen LogP contribution is -2.37. The first-order valence-electron chi connectivity index (χ1n) is 7.94. The molecule has 1 aliphatic rings. The van der Waals surface area contributed by atoms with Crippen molar-refractivity contribution in [2.24, 2.45) is 5.92 Å². The molecule has 0 aliphatic carbocycles. The molecule has 2 rings (SSSR count). The second-order valence-electron chi connectivity index (χ2n) is 6.22. The molecule has 4 heteroatoms. The molecule has 3 nitrogen and oxygen atoms in total. The van der Waals surface area contributed by atoms with Gasteiger partial charge in [-0.15, -0.1) is 0 Å². The maximum atomic E-state index is 14.0. The van der Waals surface area contributed by atoms with Gasteiger partial charge in [0.15, 0.2) is 0 Å². The molecule has 1 heterocycles. The van der Waals surface area contributed by atoms with Crippen molar-refractivity contribution in [2.45, 2.75) is 19.4 Å². The van der Waals surface area contributed by atoms with Gasteiger partial charge in [0.2, 0.25) is 0 Å². The summed E-state index contributed by atoms with van der Waals surface area (Å²) in [5.74, 6) is 0.259. The Kier molecular flexibility index (Phi) is 6.15. The zero-order valence-corrected chi connectivity index (χ0v) is 13.5. The van der Waals surface area contributed by atoms with Crippen molar-refractivity contribution in [1.29, 1.82) is 0 Å². The van der Waals surface area contributed by atoms with Crippen LogP contribution in [0.25, 0.3) is 0 Å². The summed E-state index contributed by atoms with van der Waals surface area (Å²) in [6.45, 7) is 7.76. The molecule has 0 amide bonds. The lowest BCUT2D eigenvalue weighted by molar-refractivity contribution is 0.217. The SMILES string of the molecule is CNC(c1ccccc1F)C(C)CN1CCCN(C)CC1. The van der Waals surface area contributed by atoms with Crippen LogP contribution in [0.1, 0.15) is 24.9 Å². The fourth-order valence-electron chi connectivity index (χ4n) is 3.27. The van der Waals surface area contributed by atoms with Crippen LogP contribution < -0.4 is 5.32 Å². The Labute approximate surface area is 128 Å². The number of likely N-dealkylation sites (N-methyl/N-ethyl adjacent to an activating group) is 1. The van der Waals surface area contributed by atoms with Gasteiger partial charge in [-0.2, -0.15) is 0 Å². The number of halogens is 1. The second-order valence-corrected chi connectivity index (χ2v) is 6.22. The fourth-order valence-corrected chi connectivity index (χ4v) is 3.27. The van der Waals surface area contributed by atoms with Gasteiger partial charge in [-0.05, 0) is 45.6 Å². The molecule has 0 bridgehead atoms. The molecule has 1 aliphatic heterocycles. The van der Waals surface area contributed by atoms with Crippen LogP contribution in [0.2, 0.25) is 0 Å². The monoisotopic (exact) mass is 293 g/mol. The van der Waals surface area contributed by atoms with E-state index in [-0.39, 0.29) is 11.9 Å². The van der Waals surface area contributed by atoms with Crippen LogP contribution in [0.4, 0.5) is 4.39 Å². The van der Waals surface area contributed by atoms with E-state index in [2.05, 4.69) is 29.1 Å². The summed E-state index contributed by atoms with van der Waals surface area (Å²) in [6.07, 6.45) is 1.22. The van der Waals surface area contributed by atoms with Crippen molar-refractivity contribution in [1.82, 2.24) is 15.1 Å². The number of rotatable bonds is 5. The molecule has 1 saturated heterocycles. The molecule has 2 atom stereocenters. The van der Waals surface area contributed by atoms with Crippen LogP contribution in [0, 0.1) is 11.7 Å². The van der Waals surface area contributed by atoms with Crippen molar-refractivity contribution in [3.8, 4) is 0 Å². The van der Waals surface area contributed by atoms with Crippen LogP contribution in [0.3, 0.4) is 0 Å². The second kappa shape index (κ2) is 7.87. The lowest BCUT2D eigenvalue weighted by Gasteiger charge is -2.30. The number of benzene rings is 1.